The molecule has 1 aromatic carbocycles. The third kappa shape index (κ3) is 1.33. The molecule has 1 aromatic heterocycles. The van der Waals surface area contributed by atoms with Crippen LogP contribution in [0.1, 0.15) is 30.9 Å². The summed E-state index contributed by atoms with van der Waals surface area (Å²) >= 11 is 0. The van der Waals surface area contributed by atoms with E-state index in [0.717, 1.165) is 0 Å². The molecule has 2 aromatic rings. The Morgan fingerprint density at radius 1 is 1.21 bits per heavy atom. The van der Waals surface area contributed by atoms with Crippen LogP contribution < -0.4 is 0 Å². The highest BCUT2D eigenvalue weighted by Crippen LogP contribution is 2.27. The zero-order valence-electron chi connectivity index (χ0n) is 9.33. The van der Waals surface area contributed by atoms with Crippen LogP contribution in [0, 0.1) is 6.92 Å². The quantitative estimate of drug-likeness (QED) is 0.642. The van der Waals surface area contributed by atoms with Gasteiger partial charge in [0.25, 0.3) is 0 Å². The van der Waals surface area contributed by atoms with Gasteiger partial charge in [-0.2, -0.15) is 0 Å². The molecule has 0 radical (unpaired) electrons. The van der Waals surface area contributed by atoms with E-state index < -0.39 is 0 Å². The number of nitrogens with zero attached hydrogens (tertiary/aromatic N) is 1. The summed E-state index contributed by atoms with van der Waals surface area (Å²) in [5, 5.41) is 1.40. The van der Waals surface area contributed by atoms with Gasteiger partial charge in [0.1, 0.15) is 0 Å². The normalized spacial score (nSPS) is 11.5. The van der Waals surface area contributed by atoms with Gasteiger partial charge in [-0.1, -0.05) is 19.9 Å². The number of aryl methyl sites for hydroxylation is 2. The van der Waals surface area contributed by atoms with E-state index >= 15 is 0 Å². The van der Waals surface area contributed by atoms with Crippen LogP contribution in [0.25, 0.3) is 10.9 Å². The summed E-state index contributed by atoms with van der Waals surface area (Å²) in [7, 11) is 2.10. The van der Waals surface area contributed by atoms with Crippen molar-refractivity contribution in [2.75, 3.05) is 0 Å². The smallest absolute Gasteiger partial charge is 0.0483 e. The van der Waals surface area contributed by atoms with Gasteiger partial charge in [-0.05, 0) is 36.1 Å². The van der Waals surface area contributed by atoms with Crippen LogP contribution >= 0.6 is 0 Å². The van der Waals surface area contributed by atoms with Crippen LogP contribution in [-0.2, 0) is 7.05 Å². The van der Waals surface area contributed by atoms with Crippen LogP contribution in [0.3, 0.4) is 0 Å². The monoisotopic (exact) mass is 187 g/mol. The molecule has 0 amide bonds. The molecule has 0 unspecified atom stereocenters. The molecule has 0 saturated carbocycles. The fraction of sp³-hybridized carbons (Fsp3) is 0.385. The lowest BCUT2D eigenvalue weighted by atomic mass is 9.97. The maximum absolute atomic E-state index is 2.30. The molecule has 0 atom stereocenters. The molecule has 0 aliphatic heterocycles. The summed E-state index contributed by atoms with van der Waals surface area (Å²) in [4.78, 5) is 0. The maximum Gasteiger partial charge on any atom is 0.0483 e. The second-order valence-electron chi connectivity index (χ2n) is 4.37. The third-order valence-electron chi connectivity index (χ3n) is 2.80. The van der Waals surface area contributed by atoms with Crippen LogP contribution in [0.4, 0.5) is 0 Å². The Morgan fingerprint density at radius 3 is 2.57 bits per heavy atom. The Morgan fingerprint density at radius 2 is 1.93 bits per heavy atom. The van der Waals surface area contributed by atoms with Crippen LogP contribution in [-0.4, -0.2) is 4.57 Å². The lowest BCUT2D eigenvalue weighted by Crippen LogP contribution is -1.91. The highest BCUT2D eigenvalue weighted by molar-refractivity contribution is 5.84. The second-order valence-corrected chi connectivity index (χ2v) is 4.37. The van der Waals surface area contributed by atoms with Gasteiger partial charge in [-0.15, -0.1) is 0 Å². The first-order valence-corrected chi connectivity index (χ1v) is 5.15. The number of aromatic nitrogens is 1. The maximum atomic E-state index is 2.30. The largest absolute Gasteiger partial charge is 0.351 e. The predicted molar refractivity (Wildman–Crippen MR) is 61.7 cm³/mol. The molecule has 0 bridgehead atoms. The molecule has 0 saturated heterocycles. The van der Waals surface area contributed by atoms with E-state index in [2.05, 4.69) is 56.8 Å². The fourth-order valence-electron chi connectivity index (χ4n) is 2.02. The Kier molecular flexibility index (Phi) is 2.10. The van der Waals surface area contributed by atoms with Gasteiger partial charge in [0.05, 0.1) is 0 Å². The van der Waals surface area contributed by atoms with Gasteiger partial charge >= 0.3 is 0 Å². The zero-order chi connectivity index (χ0) is 10.3. The van der Waals surface area contributed by atoms with Crippen molar-refractivity contribution in [2.45, 2.75) is 26.7 Å². The molecule has 0 spiro atoms. The van der Waals surface area contributed by atoms with Crippen LogP contribution in [0.5, 0.6) is 0 Å². The molecule has 0 aliphatic carbocycles. The highest BCUT2D eigenvalue weighted by Gasteiger charge is 2.07. The fourth-order valence-corrected chi connectivity index (χ4v) is 2.02. The molecule has 1 heteroatoms. The van der Waals surface area contributed by atoms with E-state index in [1.807, 2.05) is 0 Å². The first kappa shape index (κ1) is 9.32. The van der Waals surface area contributed by atoms with Crippen molar-refractivity contribution in [1.82, 2.24) is 4.57 Å². The van der Waals surface area contributed by atoms with E-state index in [-0.39, 0.29) is 0 Å². The van der Waals surface area contributed by atoms with Crippen molar-refractivity contribution in [3.63, 3.8) is 0 Å². The number of hydrogen-bond donors (Lipinski definition) is 0. The minimum atomic E-state index is 0.597. The first-order valence-electron chi connectivity index (χ1n) is 5.15. The van der Waals surface area contributed by atoms with Gasteiger partial charge in [-0.25, -0.2) is 0 Å². The van der Waals surface area contributed by atoms with Gasteiger partial charge in [0, 0.05) is 24.1 Å². The number of rotatable bonds is 1. The summed E-state index contributed by atoms with van der Waals surface area (Å²) in [5.41, 5.74) is 4.15. The Balaban J connectivity index is 2.82. The summed E-state index contributed by atoms with van der Waals surface area (Å²) in [6, 6.07) is 6.76. The Labute approximate surface area is 85.4 Å². The SMILES string of the molecule is Cc1cc(C(C)C)c2ccn(C)c2c1. The number of benzene rings is 1. The van der Waals surface area contributed by atoms with Gasteiger partial charge in [0.15, 0.2) is 0 Å². The van der Waals surface area contributed by atoms with Crippen molar-refractivity contribution in [1.29, 1.82) is 0 Å². The standard InChI is InChI=1S/C13H17N/c1-9(2)12-7-10(3)8-13-11(12)5-6-14(13)4/h5-9H,1-4H3. The minimum Gasteiger partial charge on any atom is -0.351 e. The lowest BCUT2D eigenvalue weighted by molar-refractivity contribution is 0.874. The summed E-state index contributed by atoms with van der Waals surface area (Å²) in [6.45, 7) is 6.67. The first-order chi connectivity index (χ1) is 6.59. The van der Waals surface area contributed by atoms with E-state index in [1.54, 1.807) is 0 Å². The van der Waals surface area contributed by atoms with Gasteiger partial charge in [0.2, 0.25) is 0 Å². The highest BCUT2D eigenvalue weighted by atomic mass is 14.9. The third-order valence-corrected chi connectivity index (χ3v) is 2.80. The average molecular weight is 187 g/mol. The minimum absolute atomic E-state index is 0.597. The summed E-state index contributed by atoms with van der Waals surface area (Å²) in [6.07, 6.45) is 2.13. The van der Waals surface area contributed by atoms with Crippen LogP contribution in [0.2, 0.25) is 0 Å². The molecule has 0 fully saturated rings. The second kappa shape index (κ2) is 3.16. The van der Waals surface area contributed by atoms with Crippen molar-refractivity contribution in [2.24, 2.45) is 7.05 Å². The molecule has 2 rings (SSSR count). The molecule has 0 N–H and O–H groups in total. The van der Waals surface area contributed by atoms with E-state index in [9.17, 15) is 0 Å². The average Bonchev–Trinajstić information content (AvgIpc) is 2.47. The van der Waals surface area contributed by atoms with Crippen molar-refractivity contribution >= 4 is 10.9 Å². The number of hydrogen-bond acceptors (Lipinski definition) is 0. The molecule has 0 aliphatic rings. The van der Waals surface area contributed by atoms with Crippen molar-refractivity contribution in [3.05, 3.63) is 35.5 Å². The van der Waals surface area contributed by atoms with Gasteiger partial charge in [-0.3, -0.25) is 0 Å². The molecular weight excluding hydrogens is 170 g/mol. The predicted octanol–water partition coefficient (Wildman–Crippen LogP) is 3.61. The lowest BCUT2D eigenvalue weighted by Gasteiger charge is -2.09. The Hall–Kier alpha value is -1.24. The van der Waals surface area contributed by atoms with Crippen LogP contribution in [0.15, 0.2) is 24.4 Å². The molecular formula is C13H17N. The molecule has 1 nitrogen and oxygen atoms in total. The van der Waals surface area contributed by atoms with Crippen molar-refractivity contribution in [3.8, 4) is 0 Å². The molecule has 74 valence electrons. The molecule has 14 heavy (non-hydrogen) atoms. The van der Waals surface area contributed by atoms with E-state index in [4.69, 9.17) is 0 Å². The zero-order valence-corrected chi connectivity index (χ0v) is 9.33. The summed E-state index contributed by atoms with van der Waals surface area (Å²) in [5.74, 6) is 0.597. The summed E-state index contributed by atoms with van der Waals surface area (Å²) < 4.78 is 2.19. The van der Waals surface area contributed by atoms with Gasteiger partial charge < -0.3 is 4.57 Å². The molecule has 1 heterocycles. The van der Waals surface area contributed by atoms with Crippen molar-refractivity contribution < 1.29 is 0 Å². The van der Waals surface area contributed by atoms with E-state index in [1.165, 1.54) is 22.0 Å². The topological polar surface area (TPSA) is 4.93 Å². The number of fused-ring (bicyclic) bond motifs is 1. The Bertz CT molecular complexity index is 463. The van der Waals surface area contributed by atoms with E-state index in [0.29, 0.717) is 5.92 Å².